The fourth-order valence-corrected chi connectivity index (χ4v) is 3.09. The predicted octanol–water partition coefficient (Wildman–Crippen LogP) is 2.68. The summed E-state index contributed by atoms with van der Waals surface area (Å²) in [5, 5.41) is 1.01. The number of hydrogen-bond acceptors (Lipinski definition) is 2. The van der Waals surface area contributed by atoms with Gasteiger partial charge in [-0.1, -0.05) is 18.2 Å². The van der Waals surface area contributed by atoms with Gasteiger partial charge in [0.1, 0.15) is 0 Å². The molecule has 2 heterocycles. The molecule has 1 aliphatic heterocycles. The summed E-state index contributed by atoms with van der Waals surface area (Å²) in [6, 6.07) is 7.97. The highest BCUT2D eigenvalue weighted by atomic mass is 16.2. The second-order valence-electron chi connectivity index (χ2n) is 5.69. The number of aromatic nitrogens is 1. The Labute approximate surface area is 119 Å². The van der Waals surface area contributed by atoms with E-state index in [9.17, 15) is 4.79 Å². The Bertz CT molecular complexity index is 617. The van der Waals surface area contributed by atoms with Crippen LogP contribution in [0.3, 0.4) is 0 Å². The Morgan fingerprint density at radius 2 is 2.10 bits per heavy atom. The van der Waals surface area contributed by atoms with Crippen LogP contribution in [0.2, 0.25) is 0 Å². The molecule has 1 unspecified atom stereocenters. The number of carbonyl (C=O) groups is 1. The summed E-state index contributed by atoms with van der Waals surface area (Å²) in [6.45, 7) is 0.848. The van der Waals surface area contributed by atoms with Gasteiger partial charge < -0.3 is 9.88 Å². The first-order valence-electron chi connectivity index (χ1n) is 7.22. The molecule has 20 heavy (non-hydrogen) atoms. The highest BCUT2D eigenvalue weighted by Gasteiger charge is 2.29. The molecular weight excluding hydrogens is 250 g/mol. The van der Waals surface area contributed by atoms with Crippen LogP contribution in [0.15, 0.2) is 30.5 Å². The first-order chi connectivity index (χ1) is 9.68. The van der Waals surface area contributed by atoms with Crippen LogP contribution in [0, 0.1) is 0 Å². The van der Waals surface area contributed by atoms with E-state index in [0.717, 1.165) is 35.9 Å². The van der Waals surface area contributed by atoms with Crippen LogP contribution in [0.1, 0.15) is 29.6 Å². The Morgan fingerprint density at radius 3 is 2.90 bits per heavy atom. The molecule has 0 saturated carbocycles. The lowest BCUT2D eigenvalue weighted by Gasteiger charge is -2.39. The van der Waals surface area contributed by atoms with Crippen molar-refractivity contribution in [2.45, 2.75) is 25.4 Å². The average molecular weight is 271 g/mol. The largest absolute Gasteiger partial charge is 0.360 e. The zero-order valence-electron chi connectivity index (χ0n) is 12.1. The number of amides is 1. The second-order valence-corrected chi connectivity index (χ2v) is 5.69. The molecule has 1 amide bonds. The Balaban J connectivity index is 1.94. The Kier molecular flexibility index (Phi) is 3.49. The highest BCUT2D eigenvalue weighted by Crippen LogP contribution is 2.24. The monoisotopic (exact) mass is 271 g/mol. The number of carbonyl (C=O) groups excluding carboxylic acids is 1. The van der Waals surface area contributed by atoms with Crippen molar-refractivity contribution in [1.29, 1.82) is 0 Å². The number of hydrogen-bond donors (Lipinski definition) is 1. The van der Waals surface area contributed by atoms with Crippen LogP contribution in [-0.4, -0.2) is 47.5 Å². The summed E-state index contributed by atoms with van der Waals surface area (Å²) >= 11 is 0. The van der Waals surface area contributed by atoms with Crippen molar-refractivity contribution in [3.8, 4) is 0 Å². The molecule has 0 spiro atoms. The minimum Gasteiger partial charge on any atom is -0.360 e. The lowest BCUT2D eigenvalue weighted by Crippen LogP contribution is -2.50. The topological polar surface area (TPSA) is 39.3 Å². The van der Waals surface area contributed by atoms with Crippen molar-refractivity contribution in [1.82, 2.24) is 14.8 Å². The fraction of sp³-hybridized carbons (Fsp3) is 0.438. The summed E-state index contributed by atoms with van der Waals surface area (Å²) < 4.78 is 0. The quantitative estimate of drug-likeness (QED) is 0.912. The van der Waals surface area contributed by atoms with Gasteiger partial charge in [-0.3, -0.25) is 9.69 Å². The Morgan fingerprint density at radius 1 is 1.30 bits per heavy atom. The van der Waals surface area contributed by atoms with Crippen molar-refractivity contribution in [3.63, 3.8) is 0 Å². The standard InChI is InChI=1S/C16H21N3O/c1-18(2)15-9-5-6-10-19(15)16(20)13-11-17-14-8-4-3-7-12(13)14/h3-4,7-8,11,15,17H,5-6,9-10H2,1-2H3. The van der Waals surface area contributed by atoms with E-state index in [2.05, 4.69) is 9.88 Å². The maximum absolute atomic E-state index is 12.9. The number of nitrogens with zero attached hydrogens (tertiary/aromatic N) is 2. The minimum atomic E-state index is 0.140. The molecule has 1 N–H and O–H groups in total. The number of likely N-dealkylation sites (tertiary alicyclic amines) is 1. The van der Waals surface area contributed by atoms with E-state index in [1.54, 1.807) is 0 Å². The number of aromatic amines is 1. The van der Waals surface area contributed by atoms with Gasteiger partial charge in [0.25, 0.3) is 5.91 Å². The number of piperidine rings is 1. The zero-order chi connectivity index (χ0) is 14.1. The average Bonchev–Trinajstić information content (AvgIpc) is 2.90. The number of H-pyrrole nitrogens is 1. The van der Waals surface area contributed by atoms with Gasteiger partial charge in [-0.25, -0.2) is 0 Å². The molecule has 1 saturated heterocycles. The third-order valence-corrected chi connectivity index (χ3v) is 4.15. The van der Waals surface area contributed by atoms with Crippen molar-refractivity contribution < 1.29 is 4.79 Å². The molecule has 3 rings (SSSR count). The molecule has 0 radical (unpaired) electrons. The molecule has 1 aliphatic rings. The molecule has 1 atom stereocenters. The van der Waals surface area contributed by atoms with Crippen LogP contribution < -0.4 is 0 Å². The van der Waals surface area contributed by atoms with Crippen molar-refractivity contribution in [3.05, 3.63) is 36.0 Å². The molecule has 1 fully saturated rings. The highest BCUT2D eigenvalue weighted by molar-refractivity contribution is 6.06. The van der Waals surface area contributed by atoms with Gasteiger partial charge >= 0.3 is 0 Å². The summed E-state index contributed by atoms with van der Waals surface area (Å²) in [5.74, 6) is 0.140. The zero-order valence-corrected chi connectivity index (χ0v) is 12.1. The van der Waals surface area contributed by atoms with E-state index in [4.69, 9.17) is 0 Å². The van der Waals surface area contributed by atoms with Crippen molar-refractivity contribution in [2.75, 3.05) is 20.6 Å². The first kappa shape index (κ1) is 13.2. The maximum Gasteiger partial charge on any atom is 0.257 e. The van der Waals surface area contributed by atoms with Gasteiger partial charge in [0.2, 0.25) is 0 Å². The first-order valence-corrected chi connectivity index (χ1v) is 7.22. The van der Waals surface area contributed by atoms with Crippen LogP contribution in [0.25, 0.3) is 10.9 Å². The minimum absolute atomic E-state index is 0.140. The molecule has 106 valence electrons. The van der Waals surface area contributed by atoms with Gasteiger partial charge in [0, 0.05) is 23.6 Å². The van der Waals surface area contributed by atoms with E-state index < -0.39 is 0 Å². The smallest absolute Gasteiger partial charge is 0.257 e. The number of rotatable bonds is 2. The molecule has 0 bridgehead atoms. The normalized spacial score (nSPS) is 19.8. The van der Waals surface area contributed by atoms with Crippen molar-refractivity contribution >= 4 is 16.8 Å². The van der Waals surface area contributed by atoms with E-state index in [0.29, 0.717) is 0 Å². The summed E-state index contributed by atoms with van der Waals surface area (Å²) in [7, 11) is 4.09. The van der Waals surface area contributed by atoms with Crippen LogP contribution in [-0.2, 0) is 0 Å². The summed E-state index contributed by atoms with van der Waals surface area (Å²) in [4.78, 5) is 20.2. The number of para-hydroxylation sites is 1. The van der Waals surface area contributed by atoms with Gasteiger partial charge in [-0.05, 0) is 39.4 Å². The molecule has 1 aromatic carbocycles. The molecular formula is C16H21N3O. The lowest BCUT2D eigenvalue weighted by molar-refractivity contribution is 0.0318. The van der Waals surface area contributed by atoms with E-state index in [-0.39, 0.29) is 12.1 Å². The third kappa shape index (κ3) is 2.20. The molecule has 2 aromatic rings. The van der Waals surface area contributed by atoms with Gasteiger partial charge in [0.05, 0.1) is 11.7 Å². The van der Waals surface area contributed by atoms with Gasteiger partial charge in [0.15, 0.2) is 0 Å². The Hall–Kier alpha value is -1.81. The van der Waals surface area contributed by atoms with Crippen LogP contribution in [0.5, 0.6) is 0 Å². The SMILES string of the molecule is CN(C)C1CCCCN1C(=O)c1c[nH]c2ccccc12. The van der Waals surface area contributed by atoms with Gasteiger partial charge in [-0.15, -0.1) is 0 Å². The summed E-state index contributed by atoms with van der Waals surface area (Å²) in [6.07, 6.45) is 5.40. The van der Waals surface area contributed by atoms with Crippen LogP contribution in [0.4, 0.5) is 0 Å². The molecule has 4 heteroatoms. The predicted molar refractivity (Wildman–Crippen MR) is 80.7 cm³/mol. The van der Waals surface area contributed by atoms with E-state index in [1.807, 2.05) is 49.5 Å². The number of fused-ring (bicyclic) bond motifs is 1. The van der Waals surface area contributed by atoms with Gasteiger partial charge in [-0.2, -0.15) is 0 Å². The number of nitrogens with one attached hydrogen (secondary N) is 1. The maximum atomic E-state index is 12.9. The lowest BCUT2D eigenvalue weighted by atomic mass is 10.0. The molecule has 1 aromatic heterocycles. The van der Waals surface area contributed by atoms with Crippen molar-refractivity contribution in [2.24, 2.45) is 0 Å². The fourth-order valence-electron chi connectivity index (χ4n) is 3.09. The number of benzene rings is 1. The molecule has 0 aliphatic carbocycles. The second kappa shape index (κ2) is 5.29. The summed E-state index contributed by atoms with van der Waals surface area (Å²) in [5.41, 5.74) is 1.81. The molecule has 4 nitrogen and oxygen atoms in total. The van der Waals surface area contributed by atoms with E-state index >= 15 is 0 Å². The third-order valence-electron chi connectivity index (χ3n) is 4.15. The van der Waals surface area contributed by atoms with Crippen LogP contribution >= 0.6 is 0 Å². The van der Waals surface area contributed by atoms with E-state index in [1.165, 1.54) is 6.42 Å².